The molecule has 0 spiro atoms. The number of imidazole rings is 1. The molecule has 6 rings (SSSR count). The number of benzene rings is 1. The number of carbonyl (C=O) groups is 1. The molecule has 13 heteroatoms. The van der Waals surface area contributed by atoms with Crippen LogP contribution < -0.4 is 19.1 Å². The average molecular weight is 533 g/mol. The van der Waals surface area contributed by atoms with Crippen LogP contribution in [0.15, 0.2) is 42.7 Å². The highest BCUT2D eigenvalue weighted by molar-refractivity contribution is 6.30. The van der Waals surface area contributed by atoms with Gasteiger partial charge in [-0.3, -0.25) is 14.1 Å². The first-order chi connectivity index (χ1) is 18.4. The van der Waals surface area contributed by atoms with E-state index in [0.29, 0.717) is 45.0 Å². The molecule has 0 fully saturated rings. The van der Waals surface area contributed by atoms with Gasteiger partial charge in [-0.2, -0.15) is 4.98 Å². The number of nitrogens with one attached hydrogen (secondary N) is 1. The molecular weight excluding hydrogens is 512 g/mol. The van der Waals surface area contributed by atoms with Crippen LogP contribution in [0.25, 0.3) is 17.0 Å². The third-order valence-corrected chi connectivity index (χ3v) is 6.61. The predicted molar refractivity (Wildman–Crippen MR) is 137 cm³/mol. The van der Waals surface area contributed by atoms with Crippen LogP contribution >= 0.6 is 11.6 Å². The number of nitrogens with zero attached hydrogens (tertiary/aromatic N) is 7. The first-order valence-electron chi connectivity index (χ1n) is 11.5. The van der Waals surface area contributed by atoms with E-state index in [1.54, 1.807) is 40.8 Å². The normalized spacial score (nSPS) is 14.7. The molecule has 1 unspecified atom stereocenters. The van der Waals surface area contributed by atoms with Crippen LogP contribution in [0.2, 0.25) is 5.02 Å². The molecule has 4 aromatic heterocycles. The van der Waals surface area contributed by atoms with E-state index in [0.717, 1.165) is 5.56 Å². The molecule has 5 heterocycles. The summed E-state index contributed by atoms with van der Waals surface area (Å²) in [5.74, 6) is 1.48. The Bertz CT molecular complexity index is 1700. The summed E-state index contributed by atoms with van der Waals surface area (Å²) < 4.78 is 17.9. The standard InChI is InChI=1S/C25H21ClN8O4/c1-12-31-32-22-17(36-2)9-15(11-33(12)22)34-20(13-5-7-14(26)8-6-13)18-19(24(34)35)29-21(28-18)16-10-27-25(38-4)30-23(16)37-3/h5-11,20H,1-4H3,(H,28,29). The second-order valence-electron chi connectivity index (χ2n) is 8.46. The van der Waals surface area contributed by atoms with Gasteiger partial charge in [-0.15, -0.1) is 10.2 Å². The lowest BCUT2D eigenvalue weighted by Crippen LogP contribution is -2.29. The van der Waals surface area contributed by atoms with E-state index in [-0.39, 0.29) is 23.5 Å². The molecule has 192 valence electrons. The maximum Gasteiger partial charge on any atom is 0.319 e. The zero-order valence-electron chi connectivity index (χ0n) is 20.8. The van der Waals surface area contributed by atoms with Crippen molar-refractivity contribution >= 4 is 28.8 Å². The van der Waals surface area contributed by atoms with Crippen LogP contribution in [-0.4, -0.2) is 61.8 Å². The molecule has 38 heavy (non-hydrogen) atoms. The molecule has 5 aromatic rings. The molecule has 12 nitrogen and oxygen atoms in total. The van der Waals surface area contributed by atoms with Gasteiger partial charge in [0.05, 0.1) is 38.3 Å². The first kappa shape index (κ1) is 23.7. The van der Waals surface area contributed by atoms with E-state index < -0.39 is 6.04 Å². The number of aromatic amines is 1. The van der Waals surface area contributed by atoms with Gasteiger partial charge in [-0.1, -0.05) is 23.7 Å². The van der Waals surface area contributed by atoms with Crippen LogP contribution in [0.5, 0.6) is 17.6 Å². The van der Waals surface area contributed by atoms with Gasteiger partial charge in [-0.25, -0.2) is 9.97 Å². The van der Waals surface area contributed by atoms with Crippen LogP contribution in [0.1, 0.15) is 33.6 Å². The molecule has 0 saturated heterocycles. The summed E-state index contributed by atoms with van der Waals surface area (Å²) in [6, 6.07) is 8.68. The van der Waals surface area contributed by atoms with Crippen molar-refractivity contribution in [3.8, 4) is 29.0 Å². The number of H-pyrrole nitrogens is 1. The van der Waals surface area contributed by atoms with Gasteiger partial charge in [0, 0.05) is 23.5 Å². The van der Waals surface area contributed by atoms with Crippen molar-refractivity contribution in [1.82, 2.24) is 34.5 Å². The fraction of sp³-hybridized carbons (Fsp3) is 0.200. The Labute approximate surface area is 221 Å². The second-order valence-corrected chi connectivity index (χ2v) is 8.90. The Balaban J connectivity index is 1.53. The Morgan fingerprint density at radius 2 is 1.82 bits per heavy atom. The number of rotatable bonds is 6. The quantitative estimate of drug-likeness (QED) is 0.348. The lowest BCUT2D eigenvalue weighted by atomic mass is 10.0. The smallest absolute Gasteiger partial charge is 0.319 e. The summed E-state index contributed by atoms with van der Waals surface area (Å²) in [7, 11) is 4.50. The Kier molecular flexibility index (Phi) is 5.60. The first-order valence-corrected chi connectivity index (χ1v) is 11.8. The lowest BCUT2D eigenvalue weighted by molar-refractivity contribution is 0.0989. The van der Waals surface area contributed by atoms with E-state index in [1.165, 1.54) is 20.4 Å². The van der Waals surface area contributed by atoms with Gasteiger partial charge in [0.1, 0.15) is 17.7 Å². The summed E-state index contributed by atoms with van der Waals surface area (Å²) in [6.45, 7) is 1.83. The molecule has 1 atom stereocenters. The van der Waals surface area contributed by atoms with Crippen molar-refractivity contribution in [3.63, 3.8) is 0 Å². The molecule has 0 aliphatic carbocycles. The van der Waals surface area contributed by atoms with Crippen molar-refractivity contribution in [1.29, 1.82) is 0 Å². The number of hydrogen-bond donors (Lipinski definition) is 1. The Morgan fingerprint density at radius 3 is 2.53 bits per heavy atom. The molecule has 1 aliphatic rings. The summed E-state index contributed by atoms with van der Waals surface area (Å²) in [4.78, 5) is 32.0. The summed E-state index contributed by atoms with van der Waals surface area (Å²) in [6.07, 6.45) is 3.34. The van der Waals surface area contributed by atoms with Gasteiger partial charge in [-0.05, 0) is 24.6 Å². The maximum absolute atomic E-state index is 14.0. The Morgan fingerprint density at radius 1 is 1.03 bits per heavy atom. The molecule has 1 aromatic carbocycles. The largest absolute Gasteiger partial charge is 0.493 e. The van der Waals surface area contributed by atoms with Crippen LogP contribution in [0.4, 0.5) is 5.69 Å². The van der Waals surface area contributed by atoms with Gasteiger partial charge in [0.2, 0.25) is 11.5 Å². The molecule has 1 aliphatic heterocycles. The number of methoxy groups -OCH3 is 3. The van der Waals surface area contributed by atoms with E-state index in [4.69, 9.17) is 25.8 Å². The van der Waals surface area contributed by atoms with E-state index in [2.05, 4.69) is 30.1 Å². The van der Waals surface area contributed by atoms with Crippen molar-refractivity contribution in [2.75, 3.05) is 26.2 Å². The minimum absolute atomic E-state index is 0.152. The number of amides is 1. The molecule has 0 radical (unpaired) electrons. The summed E-state index contributed by atoms with van der Waals surface area (Å²) in [5, 5.41) is 8.91. The number of pyridine rings is 1. The number of carbonyl (C=O) groups excluding carboxylic acids is 1. The van der Waals surface area contributed by atoms with Gasteiger partial charge >= 0.3 is 6.01 Å². The summed E-state index contributed by atoms with van der Waals surface area (Å²) >= 11 is 6.18. The number of ether oxygens (including phenoxy) is 3. The van der Waals surface area contributed by atoms with Crippen molar-refractivity contribution in [3.05, 3.63) is 70.5 Å². The van der Waals surface area contributed by atoms with E-state index in [1.807, 2.05) is 19.1 Å². The van der Waals surface area contributed by atoms with E-state index >= 15 is 0 Å². The number of fused-ring (bicyclic) bond motifs is 2. The third kappa shape index (κ3) is 3.60. The minimum atomic E-state index is -0.542. The van der Waals surface area contributed by atoms with Gasteiger partial charge < -0.3 is 19.2 Å². The second kappa shape index (κ2) is 8.99. The van der Waals surface area contributed by atoms with Gasteiger partial charge in [0.15, 0.2) is 11.4 Å². The zero-order valence-corrected chi connectivity index (χ0v) is 21.5. The third-order valence-electron chi connectivity index (χ3n) is 6.36. The van der Waals surface area contributed by atoms with Crippen LogP contribution in [0, 0.1) is 6.92 Å². The Hall–Kier alpha value is -4.71. The fourth-order valence-corrected chi connectivity index (χ4v) is 4.70. The van der Waals surface area contributed by atoms with Crippen LogP contribution in [0.3, 0.4) is 0 Å². The highest BCUT2D eigenvalue weighted by Gasteiger charge is 2.43. The monoisotopic (exact) mass is 532 g/mol. The SMILES string of the molecule is COc1ncc(-c2nc3c([nH]2)C(c2ccc(Cl)cc2)N(c2cc(OC)c4nnc(C)n4c2)C3=O)c(OC)n1. The number of aromatic nitrogens is 7. The zero-order chi connectivity index (χ0) is 26.6. The van der Waals surface area contributed by atoms with Crippen LogP contribution in [-0.2, 0) is 0 Å². The number of halogens is 1. The number of aryl methyl sites for hydroxylation is 1. The molecule has 0 bridgehead atoms. The molecular formula is C25H21ClN8O4. The molecule has 0 saturated carbocycles. The van der Waals surface area contributed by atoms with Crippen molar-refractivity contribution in [2.45, 2.75) is 13.0 Å². The maximum atomic E-state index is 14.0. The topological polar surface area (TPSA) is 133 Å². The summed E-state index contributed by atoms with van der Waals surface area (Å²) in [5.41, 5.74) is 3.31. The van der Waals surface area contributed by atoms with Crippen molar-refractivity contribution < 1.29 is 19.0 Å². The predicted octanol–water partition coefficient (Wildman–Crippen LogP) is 3.65. The number of hydrogen-bond acceptors (Lipinski definition) is 9. The van der Waals surface area contributed by atoms with Crippen molar-refractivity contribution in [2.24, 2.45) is 0 Å². The number of anilines is 1. The average Bonchev–Trinajstić information content (AvgIpc) is 3.61. The fourth-order valence-electron chi connectivity index (χ4n) is 4.57. The van der Waals surface area contributed by atoms with Gasteiger partial charge in [0.25, 0.3) is 5.91 Å². The highest BCUT2D eigenvalue weighted by atomic mass is 35.5. The minimum Gasteiger partial charge on any atom is -0.493 e. The highest BCUT2D eigenvalue weighted by Crippen LogP contribution is 2.43. The molecule has 1 N–H and O–H groups in total. The van der Waals surface area contributed by atoms with E-state index in [9.17, 15) is 4.79 Å². The molecule has 1 amide bonds. The lowest BCUT2D eigenvalue weighted by Gasteiger charge is -2.26.